The van der Waals surface area contributed by atoms with Crippen LogP contribution < -0.4 is 0 Å². The van der Waals surface area contributed by atoms with Crippen LogP contribution in [0.1, 0.15) is 17.0 Å². The van der Waals surface area contributed by atoms with Gasteiger partial charge in [-0.25, -0.2) is 9.50 Å². The van der Waals surface area contributed by atoms with Crippen LogP contribution in [-0.2, 0) is 6.61 Å². The molecule has 4 nitrogen and oxygen atoms in total. The third-order valence-corrected chi connectivity index (χ3v) is 2.16. The summed E-state index contributed by atoms with van der Waals surface area (Å²) in [6, 6.07) is 1.89. The third-order valence-electron chi connectivity index (χ3n) is 2.16. The van der Waals surface area contributed by atoms with Gasteiger partial charge in [-0.05, 0) is 19.9 Å². The normalized spacial score (nSPS) is 11.0. The van der Waals surface area contributed by atoms with Crippen molar-refractivity contribution in [1.29, 1.82) is 0 Å². The summed E-state index contributed by atoms with van der Waals surface area (Å²) in [5, 5.41) is 13.4. The Labute approximate surface area is 75.8 Å². The Balaban J connectivity index is 2.86. The van der Waals surface area contributed by atoms with Crippen LogP contribution in [0.25, 0.3) is 5.65 Å². The maximum atomic E-state index is 9.10. The average molecular weight is 177 g/mol. The molecule has 0 spiro atoms. The molecule has 1 N–H and O–H groups in total. The van der Waals surface area contributed by atoms with Gasteiger partial charge in [0.15, 0.2) is 5.65 Å². The van der Waals surface area contributed by atoms with Gasteiger partial charge in [-0.2, -0.15) is 5.10 Å². The molecule has 0 atom stereocenters. The van der Waals surface area contributed by atoms with Gasteiger partial charge in [-0.3, -0.25) is 0 Å². The highest BCUT2D eigenvalue weighted by atomic mass is 16.3. The van der Waals surface area contributed by atoms with Crippen molar-refractivity contribution in [2.45, 2.75) is 20.5 Å². The van der Waals surface area contributed by atoms with Gasteiger partial charge in [0.05, 0.1) is 12.3 Å². The minimum atomic E-state index is -0.00815. The van der Waals surface area contributed by atoms with E-state index < -0.39 is 0 Å². The summed E-state index contributed by atoms with van der Waals surface area (Å²) >= 11 is 0. The third kappa shape index (κ3) is 1.10. The van der Waals surface area contributed by atoms with Crippen molar-refractivity contribution in [1.82, 2.24) is 14.6 Å². The number of nitrogens with zero attached hydrogens (tertiary/aromatic N) is 3. The maximum Gasteiger partial charge on any atom is 0.161 e. The van der Waals surface area contributed by atoms with Gasteiger partial charge >= 0.3 is 0 Å². The second-order valence-electron chi connectivity index (χ2n) is 3.04. The molecule has 0 unspecified atom stereocenters. The molecular formula is C9H11N3O. The smallest absolute Gasteiger partial charge is 0.161 e. The van der Waals surface area contributed by atoms with Crippen molar-refractivity contribution in [3.63, 3.8) is 0 Å². The molecule has 0 saturated carbocycles. The predicted molar refractivity (Wildman–Crippen MR) is 48.4 cm³/mol. The van der Waals surface area contributed by atoms with E-state index in [0.29, 0.717) is 0 Å². The molecule has 4 heteroatoms. The Bertz CT molecular complexity index is 447. The first-order valence-corrected chi connectivity index (χ1v) is 4.14. The van der Waals surface area contributed by atoms with Crippen LogP contribution in [0.4, 0.5) is 0 Å². The Hall–Kier alpha value is -1.42. The van der Waals surface area contributed by atoms with Crippen LogP contribution in [0.2, 0.25) is 0 Å². The van der Waals surface area contributed by atoms with Crippen molar-refractivity contribution in [3.05, 3.63) is 29.2 Å². The maximum absolute atomic E-state index is 9.10. The molecule has 13 heavy (non-hydrogen) atoms. The van der Waals surface area contributed by atoms with Gasteiger partial charge in [0.1, 0.15) is 0 Å². The molecule has 2 aromatic rings. The Morgan fingerprint density at radius 1 is 1.46 bits per heavy atom. The quantitative estimate of drug-likeness (QED) is 0.702. The molecule has 0 aliphatic heterocycles. The molecule has 2 rings (SSSR count). The van der Waals surface area contributed by atoms with Crippen molar-refractivity contribution in [2.24, 2.45) is 0 Å². The molecule has 0 amide bonds. The molecule has 2 aromatic heterocycles. The molecule has 0 aromatic carbocycles. The predicted octanol–water partition coefficient (Wildman–Crippen LogP) is 0.838. The highest BCUT2D eigenvalue weighted by molar-refractivity contribution is 5.49. The lowest BCUT2D eigenvalue weighted by Crippen LogP contribution is -1.94. The topological polar surface area (TPSA) is 50.4 Å². The molecular weight excluding hydrogens is 166 g/mol. The molecule has 0 aliphatic rings. The lowest BCUT2D eigenvalue weighted by atomic mass is 10.2. The second-order valence-corrected chi connectivity index (χ2v) is 3.04. The fraction of sp³-hybridized carbons (Fsp3) is 0.333. The van der Waals surface area contributed by atoms with E-state index in [0.717, 1.165) is 22.6 Å². The summed E-state index contributed by atoms with van der Waals surface area (Å²) < 4.78 is 1.75. The zero-order chi connectivity index (χ0) is 9.42. The summed E-state index contributed by atoms with van der Waals surface area (Å²) in [7, 11) is 0. The highest BCUT2D eigenvalue weighted by Crippen LogP contribution is 2.13. The van der Waals surface area contributed by atoms with Crippen molar-refractivity contribution < 1.29 is 5.11 Å². The van der Waals surface area contributed by atoms with Crippen molar-refractivity contribution >= 4 is 5.65 Å². The lowest BCUT2D eigenvalue weighted by Gasteiger charge is -1.96. The Morgan fingerprint density at radius 3 is 2.92 bits per heavy atom. The van der Waals surface area contributed by atoms with E-state index in [2.05, 4.69) is 10.1 Å². The summed E-state index contributed by atoms with van der Waals surface area (Å²) in [5.74, 6) is 0. The molecule has 0 aliphatic carbocycles. The van der Waals surface area contributed by atoms with Gasteiger partial charge < -0.3 is 5.11 Å². The SMILES string of the molecule is Cc1nn2c(C)ccnc2c1CO. The van der Waals surface area contributed by atoms with Crippen LogP contribution in [0.5, 0.6) is 0 Å². The molecule has 0 radical (unpaired) electrons. The number of rotatable bonds is 1. The van der Waals surface area contributed by atoms with E-state index in [1.165, 1.54) is 0 Å². The van der Waals surface area contributed by atoms with E-state index in [-0.39, 0.29) is 6.61 Å². The fourth-order valence-corrected chi connectivity index (χ4v) is 1.40. The van der Waals surface area contributed by atoms with E-state index in [4.69, 9.17) is 5.11 Å². The average Bonchev–Trinajstić information content (AvgIpc) is 2.43. The Morgan fingerprint density at radius 2 is 2.23 bits per heavy atom. The van der Waals surface area contributed by atoms with Gasteiger partial charge in [-0.1, -0.05) is 0 Å². The first kappa shape index (κ1) is 8.19. The molecule has 68 valence electrons. The molecule has 2 heterocycles. The van der Waals surface area contributed by atoms with Crippen molar-refractivity contribution in [3.8, 4) is 0 Å². The first-order chi connectivity index (χ1) is 6.24. The summed E-state index contributed by atoms with van der Waals surface area (Å²) in [6.45, 7) is 3.83. The van der Waals surface area contributed by atoms with Crippen LogP contribution in [-0.4, -0.2) is 19.7 Å². The monoisotopic (exact) mass is 177 g/mol. The number of hydrogen-bond acceptors (Lipinski definition) is 3. The first-order valence-electron chi connectivity index (χ1n) is 4.14. The van der Waals surface area contributed by atoms with E-state index in [1.807, 2.05) is 19.9 Å². The molecule has 0 bridgehead atoms. The number of hydrogen-bond donors (Lipinski definition) is 1. The Kier molecular flexibility index (Phi) is 1.77. The summed E-state index contributed by atoms with van der Waals surface area (Å²) in [4.78, 5) is 4.17. The van der Waals surface area contributed by atoms with Crippen LogP contribution in [0.3, 0.4) is 0 Å². The minimum absolute atomic E-state index is 0.00815. The highest BCUT2D eigenvalue weighted by Gasteiger charge is 2.09. The summed E-state index contributed by atoms with van der Waals surface area (Å²) in [6.07, 6.45) is 1.73. The van der Waals surface area contributed by atoms with E-state index >= 15 is 0 Å². The second kappa shape index (κ2) is 2.81. The van der Waals surface area contributed by atoms with Gasteiger partial charge in [0.2, 0.25) is 0 Å². The standard InChI is InChI=1S/C9H11N3O/c1-6-3-4-10-9-8(5-13)7(2)11-12(6)9/h3-4,13H,5H2,1-2H3. The fourth-order valence-electron chi connectivity index (χ4n) is 1.40. The zero-order valence-electron chi connectivity index (χ0n) is 7.65. The molecule has 0 saturated heterocycles. The number of aliphatic hydroxyl groups is 1. The van der Waals surface area contributed by atoms with Gasteiger partial charge in [0, 0.05) is 17.5 Å². The van der Waals surface area contributed by atoms with E-state index in [9.17, 15) is 0 Å². The lowest BCUT2D eigenvalue weighted by molar-refractivity contribution is 0.282. The minimum Gasteiger partial charge on any atom is -0.391 e. The van der Waals surface area contributed by atoms with Crippen LogP contribution >= 0.6 is 0 Å². The van der Waals surface area contributed by atoms with Crippen LogP contribution in [0, 0.1) is 13.8 Å². The van der Waals surface area contributed by atoms with Gasteiger partial charge in [0.25, 0.3) is 0 Å². The number of aliphatic hydroxyl groups excluding tert-OH is 1. The van der Waals surface area contributed by atoms with E-state index in [1.54, 1.807) is 10.7 Å². The number of aryl methyl sites for hydroxylation is 2. The molecule has 0 fully saturated rings. The number of aromatic nitrogens is 3. The zero-order valence-corrected chi connectivity index (χ0v) is 7.65. The number of fused-ring (bicyclic) bond motifs is 1. The van der Waals surface area contributed by atoms with Crippen LogP contribution in [0.15, 0.2) is 12.3 Å². The largest absolute Gasteiger partial charge is 0.391 e. The van der Waals surface area contributed by atoms with Gasteiger partial charge in [-0.15, -0.1) is 0 Å². The van der Waals surface area contributed by atoms with Crippen molar-refractivity contribution in [2.75, 3.05) is 0 Å². The summed E-state index contributed by atoms with van der Waals surface area (Å²) in [5.41, 5.74) is 3.42.